The molecule has 0 unspecified atom stereocenters. The maximum Gasteiger partial charge on any atom is 0.331 e. The van der Waals surface area contributed by atoms with Crippen LogP contribution in [0, 0.1) is 0 Å². The highest BCUT2D eigenvalue weighted by Crippen LogP contribution is 1.93. The minimum Gasteiger partial charge on any atom is -0.393 e. The number of aromatic nitrogens is 2. The maximum absolute atomic E-state index is 12.0. The summed E-state index contributed by atoms with van der Waals surface area (Å²) in [4.78, 5) is 36.6. The Morgan fingerprint density at radius 2 is 2.00 bits per heavy atom. The number of anilines is 1. The fourth-order valence-corrected chi connectivity index (χ4v) is 1.49. The van der Waals surface area contributed by atoms with E-state index in [1.165, 1.54) is 15.7 Å². The van der Waals surface area contributed by atoms with Crippen molar-refractivity contribution in [3.63, 3.8) is 0 Å². The van der Waals surface area contributed by atoms with E-state index in [1.54, 1.807) is 14.1 Å². The lowest BCUT2D eigenvalue weighted by Gasteiger charge is -2.13. The number of aryl methyl sites for hydroxylation is 1. The van der Waals surface area contributed by atoms with Gasteiger partial charge in [-0.05, 0) is 6.42 Å². The number of rotatable bonds is 4. The van der Waals surface area contributed by atoms with Gasteiger partial charge < -0.3 is 10.6 Å². The average Bonchev–Trinajstić information content (AvgIpc) is 2.31. The van der Waals surface area contributed by atoms with Crippen LogP contribution >= 0.6 is 0 Å². The van der Waals surface area contributed by atoms with Crippen molar-refractivity contribution in [2.75, 3.05) is 19.8 Å². The molecule has 0 bridgehead atoms. The fraction of sp³-hybridized carbons (Fsp3) is 0.545. The third kappa shape index (κ3) is 2.79. The molecule has 1 amide bonds. The van der Waals surface area contributed by atoms with Gasteiger partial charge in [0, 0.05) is 26.8 Å². The summed E-state index contributed by atoms with van der Waals surface area (Å²) in [6.45, 7) is 2.07. The molecule has 0 atom stereocenters. The van der Waals surface area contributed by atoms with Gasteiger partial charge in [-0.25, -0.2) is 9.36 Å². The number of likely N-dealkylation sites (N-methyl/N-ethyl adjacent to an activating group) is 1. The number of carbonyl (C=O) groups excluding carboxylic acids is 1. The molecule has 1 aromatic heterocycles. The predicted octanol–water partition coefficient (Wildman–Crippen LogP) is -0.910. The van der Waals surface area contributed by atoms with Crippen molar-refractivity contribution in [1.29, 1.82) is 0 Å². The van der Waals surface area contributed by atoms with Crippen molar-refractivity contribution in [3.05, 3.63) is 27.0 Å². The molecule has 0 radical (unpaired) electrons. The predicted molar refractivity (Wildman–Crippen MR) is 68.4 cm³/mol. The molecule has 1 aromatic rings. The van der Waals surface area contributed by atoms with E-state index in [0.717, 1.165) is 11.0 Å². The first-order valence-electron chi connectivity index (χ1n) is 5.68. The van der Waals surface area contributed by atoms with Gasteiger partial charge in [0.15, 0.2) is 0 Å². The average molecular weight is 254 g/mol. The van der Waals surface area contributed by atoms with Gasteiger partial charge in [-0.1, -0.05) is 6.92 Å². The first-order chi connectivity index (χ1) is 8.38. The fourth-order valence-electron chi connectivity index (χ4n) is 1.49. The molecule has 0 saturated carbocycles. The van der Waals surface area contributed by atoms with Gasteiger partial charge >= 0.3 is 5.69 Å². The number of amides is 1. The van der Waals surface area contributed by atoms with Crippen molar-refractivity contribution in [2.45, 2.75) is 26.4 Å². The molecule has 0 spiro atoms. The number of nitrogen functional groups attached to an aromatic ring is 1. The smallest absolute Gasteiger partial charge is 0.331 e. The summed E-state index contributed by atoms with van der Waals surface area (Å²) < 4.78 is 2.22. The van der Waals surface area contributed by atoms with Crippen molar-refractivity contribution in [3.8, 4) is 0 Å². The molecule has 0 aromatic carbocycles. The van der Waals surface area contributed by atoms with E-state index in [1.807, 2.05) is 6.92 Å². The number of carbonyl (C=O) groups is 1. The Kier molecular flexibility index (Phi) is 4.30. The Bertz CT molecular complexity index is 556. The number of hydrogen-bond donors (Lipinski definition) is 1. The third-order valence-corrected chi connectivity index (χ3v) is 2.52. The van der Waals surface area contributed by atoms with Crippen molar-refractivity contribution in [1.82, 2.24) is 14.0 Å². The van der Waals surface area contributed by atoms with Gasteiger partial charge in [-0.15, -0.1) is 0 Å². The van der Waals surface area contributed by atoms with Gasteiger partial charge in [0.05, 0.1) is 0 Å². The number of nitrogens with zero attached hydrogens (tertiary/aromatic N) is 3. The Labute approximate surface area is 104 Å². The molecule has 0 aliphatic carbocycles. The van der Waals surface area contributed by atoms with Gasteiger partial charge in [0.2, 0.25) is 5.91 Å². The van der Waals surface area contributed by atoms with E-state index in [2.05, 4.69) is 0 Å². The van der Waals surface area contributed by atoms with Crippen LogP contribution in [0.25, 0.3) is 0 Å². The van der Waals surface area contributed by atoms with Crippen LogP contribution in [0.15, 0.2) is 15.8 Å². The van der Waals surface area contributed by atoms with Crippen molar-refractivity contribution in [2.24, 2.45) is 0 Å². The Hall–Kier alpha value is -2.05. The van der Waals surface area contributed by atoms with E-state index in [9.17, 15) is 14.4 Å². The van der Waals surface area contributed by atoms with Gasteiger partial charge in [-0.3, -0.25) is 14.2 Å². The van der Waals surface area contributed by atoms with E-state index < -0.39 is 11.2 Å². The summed E-state index contributed by atoms with van der Waals surface area (Å²) in [6.07, 6.45) is 2.06. The normalized spacial score (nSPS) is 10.4. The zero-order chi connectivity index (χ0) is 13.9. The molecule has 7 heteroatoms. The number of nitrogens with two attached hydrogens (primary N) is 1. The van der Waals surface area contributed by atoms with Crippen LogP contribution in [0.4, 0.5) is 5.69 Å². The van der Waals surface area contributed by atoms with Crippen LogP contribution in [-0.4, -0.2) is 34.0 Å². The Morgan fingerprint density at radius 1 is 1.39 bits per heavy atom. The van der Waals surface area contributed by atoms with Crippen molar-refractivity contribution >= 4 is 11.6 Å². The molecular formula is C11H18N4O3. The summed E-state index contributed by atoms with van der Waals surface area (Å²) in [7, 11) is 3.12. The molecule has 0 aliphatic rings. The van der Waals surface area contributed by atoms with Gasteiger partial charge in [-0.2, -0.15) is 0 Å². The highest BCUT2D eigenvalue weighted by atomic mass is 16.2. The van der Waals surface area contributed by atoms with Crippen LogP contribution < -0.4 is 17.0 Å². The molecule has 1 heterocycles. The highest BCUT2D eigenvalue weighted by Gasteiger charge is 2.13. The van der Waals surface area contributed by atoms with Gasteiger partial charge in [0.1, 0.15) is 12.2 Å². The minimum atomic E-state index is -0.623. The molecule has 1 rings (SSSR count). The Morgan fingerprint density at radius 3 is 2.50 bits per heavy atom. The molecule has 0 aliphatic heterocycles. The van der Waals surface area contributed by atoms with E-state index in [-0.39, 0.29) is 18.1 Å². The van der Waals surface area contributed by atoms with Crippen LogP contribution in [-0.2, 0) is 17.9 Å². The zero-order valence-electron chi connectivity index (χ0n) is 10.8. The summed E-state index contributed by atoms with van der Waals surface area (Å²) in [6, 6.07) is 0. The monoisotopic (exact) mass is 254 g/mol. The molecule has 7 nitrogen and oxygen atoms in total. The summed E-state index contributed by atoms with van der Waals surface area (Å²) in [5.74, 6) is -0.331. The zero-order valence-corrected chi connectivity index (χ0v) is 10.8. The number of hydrogen-bond acceptors (Lipinski definition) is 4. The summed E-state index contributed by atoms with van der Waals surface area (Å²) in [5, 5.41) is 0. The summed E-state index contributed by atoms with van der Waals surface area (Å²) >= 11 is 0. The molecule has 0 fully saturated rings. The molecule has 18 heavy (non-hydrogen) atoms. The van der Waals surface area contributed by atoms with E-state index >= 15 is 0 Å². The van der Waals surface area contributed by atoms with Crippen LogP contribution in [0.1, 0.15) is 13.3 Å². The molecule has 0 saturated heterocycles. The quantitative estimate of drug-likeness (QED) is 0.753. The van der Waals surface area contributed by atoms with Crippen LogP contribution in [0.3, 0.4) is 0 Å². The second-order valence-electron chi connectivity index (χ2n) is 4.24. The topological polar surface area (TPSA) is 90.3 Å². The lowest BCUT2D eigenvalue weighted by molar-refractivity contribution is -0.129. The van der Waals surface area contributed by atoms with Gasteiger partial charge in [0.25, 0.3) is 5.56 Å². The molecule has 100 valence electrons. The maximum atomic E-state index is 12.0. The van der Waals surface area contributed by atoms with Crippen LogP contribution in [0.5, 0.6) is 0 Å². The minimum absolute atomic E-state index is 0.0328. The second-order valence-corrected chi connectivity index (χ2v) is 4.24. The highest BCUT2D eigenvalue weighted by molar-refractivity contribution is 5.75. The first-order valence-corrected chi connectivity index (χ1v) is 5.68. The van der Waals surface area contributed by atoms with E-state index in [4.69, 9.17) is 5.73 Å². The summed E-state index contributed by atoms with van der Waals surface area (Å²) in [5.41, 5.74) is 4.39. The Balaban J connectivity index is 3.29. The lowest BCUT2D eigenvalue weighted by atomic mass is 10.4. The SMILES string of the molecule is CCCn1cc(N)c(=O)n(CC(=O)N(C)C)c1=O. The van der Waals surface area contributed by atoms with Crippen molar-refractivity contribution < 1.29 is 4.79 Å². The standard InChI is InChI=1S/C11H18N4O3/c1-4-5-14-6-8(12)10(17)15(11(14)18)7-9(16)13(2)3/h6H,4-5,7,12H2,1-3H3. The lowest BCUT2D eigenvalue weighted by Crippen LogP contribution is -2.44. The molecular weight excluding hydrogens is 236 g/mol. The van der Waals surface area contributed by atoms with E-state index in [0.29, 0.717) is 6.54 Å². The third-order valence-electron chi connectivity index (χ3n) is 2.52. The molecule has 2 N–H and O–H groups in total. The van der Waals surface area contributed by atoms with Crippen LogP contribution in [0.2, 0.25) is 0 Å². The largest absolute Gasteiger partial charge is 0.393 e. The second kappa shape index (κ2) is 5.52. The first kappa shape index (κ1) is 14.0.